The van der Waals surface area contributed by atoms with Gasteiger partial charge in [0, 0.05) is 6.54 Å². The van der Waals surface area contributed by atoms with Crippen molar-refractivity contribution in [1.82, 2.24) is 10.6 Å². The number of benzene rings is 1. The minimum Gasteiger partial charge on any atom is -0.319 e. The van der Waals surface area contributed by atoms with E-state index >= 15 is 0 Å². The maximum Gasteiger partial charge on any atom is 0.0205 e. The van der Waals surface area contributed by atoms with Crippen molar-refractivity contribution < 1.29 is 0 Å². The molecule has 106 valence electrons. The van der Waals surface area contributed by atoms with Crippen LogP contribution in [0, 0.1) is 5.92 Å². The van der Waals surface area contributed by atoms with Crippen LogP contribution in [0.25, 0.3) is 0 Å². The van der Waals surface area contributed by atoms with Crippen molar-refractivity contribution in [3.05, 3.63) is 34.9 Å². The quantitative estimate of drug-likeness (QED) is 0.788. The normalized spacial score (nSPS) is 16.1. The number of rotatable bonds is 7. The van der Waals surface area contributed by atoms with Crippen LogP contribution in [0.4, 0.5) is 0 Å². The third-order valence-electron chi connectivity index (χ3n) is 4.25. The molecule has 2 heteroatoms. The van der Waals surface area contributed by atoms with Gasteiger partial charge in [0.25, 0.3) is 0 Å². The second kappa shape index (κ2) is 7.66. The number of nitrogens with one attached hydrogen (secondary N) is 2. The van der Waals surface area contributed by atoms with Crippen molar-refractivity contribution in [2.75, 3.05) is 20.1 Å². The molecule has 0 aliphatic heterocycles. The van der Waals surface area contributed by atoms with Crippen LogP contribution in [0.2, 0.25) is 0 Å². The largest absolute Gasteiger partial charge is 0.319 e. The summed E-state index contributed by atoms with van der Waals surface area (Å²) in [4.78, 5) is 0. The van der Waals surface area contributed by atoms with E-state index in [4.69, 9.17) is 0 Å². The predicted octanol–water partition coefficient (Wildman–Crippen LogP) is 2.90. The Bertz CT molecular complexity index is 387. The molecule has 0 heterocycles. The van der Waals surface area contributed by atoms with Gasteiger partial charge in [-0.2, -0.15) is 0 Å². The van der Waals surface area contributed by atoms with Crippen LogP contribution in [0.5, 0.6) is 0 Å². The summed E-state index contributed by atoms with van der Waals surface area (Å²) in [5, 5.41) is 6.87. The number of hydrogen-bond acceptors (Lipinski definition) is 2. The van der Waals surface area contributed by atoms with Gasteiger partial charge in [-0.3, -0.25) is 0 Å². The summed E-state index contributed by atoms with van der Waals surface area (Å²) < 4.78 is 0. The Hall–Kier alpha value is -0.860. The maximum atomic E-state index is 3.60. The molecule has 0 bridgehead atoms. The molecule has 2 rings (SSSR count). The summed E-state index contributed by atoms with van der Waals surface area (Å²) in [6, 6.07) is 7.06. The Kier molecular flexibility index (Phi) is 5.87. The third kappa shape index (κ3) is 4.32. The van der Waals surface area contributed by atoms with E-state index in [2.05, 4.69) is 35.8 Å². The molecule has 0 amide bonds. The van der Waals surface area contributed by atoms with Crippen molar-refractivity contribution >= 4 is 0 Å². The average molecular weight is 260 g/mol. The fraction of sp³-hybridized carbons (Fsp3) is 0.647. The minimum atomic E-state index is 0.739. The average Bonchev–Trinajstić information content (AvgIpc) is 2.46. The summed E-state index contributed by atoms with van der Waals surface area (Å²) in [6.45, 7) is 5.48. The molecule has 0 aromatic heterocycles. The van der Waals surface area contributed by atoms with Crippen molar-refractivity contribution in [2.45, 2.75) is 45.6 Å². The molecule has 0 fully saturated rings. The highest BCUT2D eigenvalue weighted by atomic mass is 14.9. The minimum absolute atomic E-state index is 0.739. The highest BCUT2D eigenvalue weighted by Crippen LogP contribution is 2.22. The number of fused-ring (bicyclic) bond motifs is 1. The topological polar surface area (TPSA) is 24.1 Å². The molecule has 2 N–H and O–H groups in total. The van der Waals surface area contributed by atoms with Gasteiger partial charge >= 0.3 is 0 Å². The van der Waals surface area contributed by atoms with Gasteiger partial charge < -0.3 is 10.6 Å². The van der Waals surface area contributed by atoms with Gasteiger partial charge in [0.05, 0.1) is 0 Å². The molecule has 1 aromatic carbocycles. The van der Waals surface area contributed by atoms with Crippen LogP contribution in [0.1, 0.15) is 42.9 Å². The molecule has 0 saturated carbocycles. The van der Waals surface area contributed by atoms with Crippen molar-refractivity contribution in [3.8, 4) is 0 Å². The Balaban J connectivity index is 1.82. The van der Waals surface area contributed by atoms with E-state index in [9.17, 15) is 0 Å². The van der Waals surface area contributed by atoms with Gasteiger partial charge in [0.1, 0.15) is 0 Å². The van der Waals surface area contributed by atoms with E-state index in [-0.39, 0.29) is 0 Å². The first-order valence-electron chi connectivity index (χ1n) is 7.79. The van der Waals surface area contributed by atoms with E-state index in [1.165, 1.54) is 37.7 Å². The second-order valence-electron chi connectivity index (χ2n) is 5.77. The van der Waals surface area contributed by atoms with E-state index in [0.29, 0.717) is 0 Å². The second-order valence-corrected chi connectivity index (χ2v) is 5.77. The molecule has 2 nitrogen and oxygen atoms in total. The molecule has 0 radical (unpaired) electrons. The molecule has 1 aliphatic carbocycles. The molecule has 1 atom stereocenters. The first-order valence-corrected chi connectivity index (χ1v) is 7.79. The van der Waals surface area contributed by atoms with Crippen LogP contribution in [0.15, 0.2) is 18.2 Å². The molecule has 0 spiro atoms. The highest BCUT2D eigenvalue weighted by molar-refractivity contribution is 5.33. The SMILES string of the molecule is CCC(CNC)CNCc1ccc2c(c1)CCCC2. The van der Waals surface area contributed by atoms with Crippen LogP contribution < -0.4 is 10.6 Å². The lowest BCUT2D eigenvalue weighted by Crippen LogP contribution is -2.29. The van der Waals surface area contributed by atoms with Crippen LogP contribution in [0.3, 0.4) is 0 Å². The lowest BCUT2D eigenvalue weighted by Gasteiger charge is -2.18. The van der Waals surface area contributed by atoms with Crippen molar-refractivity contribution in [1.29, 1.82) is 0 Å². The molecule has 1 aromatic rings. The summed E-state index contributed by atoms with van der Waals surface area (Å²) in [5.74, 6) is 0.739. The Morgan fingerprint density at radius 2 is 1.89 bits per heavy atom. The molecule has 1 unspecified atom stereocenters. The lowest BCUT2D eigenvalue weighted by molar-refractivity contribution is 0.444. The Labute approximate surface area is 118 Å². The van der Waals surface area contributed by atoms with E-state index in [0.717, 1.165) is 25.6 Å². The lowest BCUT2D eigenvalue weighted by atomic mass is 9.90. The maximum absolute atomic E-state index is 3.60. The monoisotopic (exact) mass is 260 g/mol. The van der Waals surface area contributed by atoms with Crippen LogP contribution in [-0.4, -0.2) is 20.1 Å². The molecule has 0 saturated heterocycles. The number of aryl methyl sites for hydroxylation is 2. The first kappa shape index (κ1) is 14.5. The van der Waals surface area contributed by atoms with Gasteiger partial charge in [-0.15, -0.1) is 0 Å². The smallest absolute Gasteiger partial charge is 0.0205 e. The summed E-state index contributed by atoms with van der Waals surface area (Å²) in [6.07, 6.45) is 6.53. The molecular formula is C17H28N2. The third-order valence-corrected chi connectivity index (χ3v) is 4.25. The standard InChI is InChI=1S/C17H28N2/c1-3-14(11-18-2)12-19-13-15-8-9-16-6-4-5-7-17(16)10-15/h8-10,14,18-19H,3-7,11-13H2,1-2H3. The van der Waals surface area contributed by atoms with E-state index in [1.807, 2.05) is 7.05 Å². The van der Waals surface area contributed by atoms with Gasteiger partial charge in [-0.1, -0.05) is 31.5 Å². The zero-order valence-corrected chi connectivity index (χ0v) is 12.5. The van der Waals surface area contributed by atoms with Crippen molar-refractivity contribution in [3.63, 3.8) is 0 Å². The first-order chi connectivity index (χ1) is 9.33. The van der Waals surface area contributed by atoms with Gasteiger partial charge in [-0.05, 0) is 68.4 Å². The summed E-state index contributed by atoms with van der Waals surface area (Å²) in [7, 11) is 2.03. The van der Waals surface area contributed by atoms with E-state index < -0.39 is 0 Å². The van der Waals surface area contributed by atoms with Gasteiger partial charge in [-0.25, -0.2) is 0 Å². The van der Waals surface area contributed by atoms with Gasteiger partial charge in [0.15, 0.2) is 0 Å². The summed E-state index contributed by atoms with van der Waals surface area (Å²) >= 11 is 0. The predicted molar refractivity (Wildman–Crippen MR) is 82.5 cm³/mol. The Morgan fingerprint density at radius 1 is 1.11 bits per heavy atom. The zero-order chi connectivity index (χ0) is 13.5. The summed E-state index contributed by atoms with van der Waals surface area (Å²) in [5.41, 5.74) is 4.62. The highest BCUT2D eigenvalue weighted by Gasteiger charge is 2.09. The molecule has 1 aliphatic rings. The fourth-order valence-corrected chi connectivity index (χ4v) is 2.97. The van der Waals surface area contributed by atoms with Crippen molar-refractivity contribution in [2.24, 2.45) is 5.92 Å². The van der Waals surface area contributed by atoms with Gasteiger partial charge in [0.2, 0.25) is 0 Å². The molecule has 19 heavy (non-hydrogen) atoms. The fourth-order valence-electron chi connectivity index (χ4n) is 2.97. The van der Waals surface area contributed by atoms with Crippen LogP contribution >= 0.6 is 0 Å². The Morgan fingerprint density at radius 3 is 2.63 bits per heavy atom. The van der Waals surface area contributed by atoms with Crippen LogP contribution in [-0.2, 0) is 19.4 Å². The molecular weight excluding hydrogens is 232 g/mol. The van der Waals surface area contributed by atoms with E-state index in [1.54, 1.807) is 11.1 Å². The zero-order valence-electron chi connectivity index (χ0n) is 12.5. The number of hydrogen-bond donors (Lipinski definition) is 2.